The van der Waals surface area contributed by atoms with Crippen LogP contribution in [0.5, 0.6) is 5.75 Å². The monoisotopic (exact) mass is 408 g/mol. The summed E-state index contributed by atoms with van der Waals surface area (Å²) in [5, 5.41) is 0.581. The molecule has 2 heterocycles. The van der Waals surface area contributed by atoms with Crippen LogP contribution in [0.2, 0.25) is 0 Å². The molecule has 0 radical (unpaired) electrons. The lowest BCUT2D eigenvalue weighted by atomic mass is 9.91. The number of hydrogen-bond acceptors (Lipinski definition) is 6. The van der Waals surface area contributed by atoms with E-state index in [1.54, 1.807) is 18.9 Å². The predicted octanol–water partition coefficient (Wildman–Crippen LogP) is 3.66. The zero-order valence-electron chi connectivity index (χ0n) is 16.1. The Balaban J connectivity index is 2.00. The molecular formula is C22H20N2O4S. The van der Waals surface area contributed by atoms with Crippen molar-refractivity contribution >= 4 is 34.5 Å². The Kier molecular flexibility index (Phi) is 5.40. The molecule has 1 fully saturated rings. The molecule has 1 saturated heterocycles. The summed E-state index contributed by atoms with van der Waals surface area (Å²) in [5.41, 5.74) is 2.37. The number of amidine groups is 1. The van der Waals surface area contributed by atoms with Crippen LogP contribution in [0.1, 0.15) is 24.1 Å². The summed E-state index contributed by atoms with van der Waals surface area (Å²) in [4.78, 5) is 32.2. The van der Waals surface area contributed by atoms with Crippen LogP contribution < -0.4 is 4.74 Å². The number of amides is 1. The highest BCUT2D eigenvalue weighted by molar-refractivity contribution is 8.15. The van der Waals surface area contributed by atoms with E-state index in [0.717, 1.165) is 11.1 Å². The predicted molar refractivity (Wildman–Crippen MR) is 112 cm³/mol. The summed E-state index contributed by atoms with van der Waals surface area (Å²) in [6.07, 6.45) is 0. The number of thioether (sulfide) groups is 1. The molecule has 7 heteroatoms. The van der Waals surface area contributed by atoms with Gasteiger partial charge in [0.1, 0.15) is 11.8 Å². The number of nitrogens with zero attached hydrogens (tertiary/aromatic N) is 2. The number of methoxy groups -OCH3 is 1. The summed E-state index contributed by atoms with van der Waals surface area (Å²) in [5.74, 6) is 0.286. The number of fused-ring (bicyclic) bond motifs is 1. The van der Waals surface area contributed by atoms with Gasteiger partial charge in [0.05, 0.1) is 30.7 Å². The molecule has 148 valence electrons. The van der Waals surface area contributed by atoms with Gasteiger partial charge >= 0.3 is 5.97 Å². The lowest BCUT2D eigenvalue weighted by Gasteiger charge is -2.34. The molecule has 0 unspecified atom stereocenters. The highest BCUT2D eigenvalue weighted by atomic mass is 32.2. The molecule has 2 aromatic carbocycles. The molecule has 6 nitrogen and oxygen atoms in total. The smallest absolute Gasteiger partial charge is 0.338 e. The van der Waals surface area contributed by atoms with Gasteiger partial charge < -0.3 is 9.47 Å². The molecule has 0 N–H and O–H groups in total. The molecule has 0 aliphatic carbocycles. The molecule has 0 aromatic heterocycles. The Morgan fingerprint density at radius 2 is 1.90 bits per heavy atom. The van der Waals surface area contributed by atoms with Gasteiger partial charge in [0, 0.05) is 11.1 Å². The van der Waals surface area contributed by atoms with Crippen LogP contribution >= 0.6 is 11.8 Å². The van der Waals surface area contributed by atoms with E-state index in [1.165, 1.54) is 11.8 Å². The van der Waals surface area contributed by atoms with E-state index >= 15 is 0 Å². The van der Waals surface area contributed by atoms with Crippen LogP contribution in [0, 0.1) is 0 Å². The largest absolute Gasteiger partial charge is 0.496 e. The van der Waals surface area contributed by atoms with Crippen LogP contribution in [0.3, 0.4) is 0 Å². The number of rotatable bonds is 5. The van der Waals surface area contributed by atoms with Crippen molar-refractivity contribution in [2.24, 2.45) is 4.99 Å². The third-order valence-corrected chi connectivity index (χ3v) is 5.71. The summed E-state index contributed by atoms with van der Waals surface area (Å²) in [7, 11) is 1.57. The molecule has 0 spiro atoms. The van der Waals surface area contributed by atoms with Gasteiger partial charge in [0.15, 0.2) is 5.17 Å². The molecule has 2 aromatic rings. The maximum absolute atomic E-state index is 13.1. The molecule has 2 aliphatic heterocycles. The molecule has 1 amide bonds. The second kappa shape index (κ2) is 8.13. The lowest BCUT2D eigenvalue weighted by molar-refractivity contribution is -0.139. The van der Waals surface area contributed by atoms with Gasteiger partial charge in [-0.15, -0.1) is 0 Å². The summed E-state index contributed by atoms with van der Waals surface area (Å²) in [6, 6.07) is 16.2. The second-order valence-corrected chi connectivity index (χ2v) is 7.38. The van der Waals surface area contributed by atoms with E-state index in [4.69, 9.17) is 14.5 Å². The molecule has 0 bridgehead atoms. The molecule has 29 heavy (non-hydrogen) atoms. The molecule has 2 aliphatic rings. The van der Waals surface area contributed by atoms with E-state index in [9.17, 15) is 9.59 Å². The Hall–Kier alpha value is -3.06. The fourth-order valence-electron chi connectivity index (χ4n) is 3.55. The fraction of sp³-hybridized carbons (Fsp3) is 0.227. The van der Waals surface area contributed by atoms with Crippen molar-refractivity contribution in [3.63, 3.8) is 0 Å². The molecule has 0 saturated carbocycles. The summed E-state index contributed by atoms with van der Waals surface area (Å²) in [6.45, 7) is 1.98. The number of ether oxygens (including phenoxy) is 2. The molecular weight excluding hydrogens is 388 g/mol. The van der Waals surface area contributed by atoms with Crippen molar-refractivity contribution in [1.29, 1.82) is 0 Å². The Labute approximate surface area is 173 Å². The normalized spacial score (nSPS) is 18.4. The number of hydrogen-bond donors (Lipinski definition) is 0. The van der Waals surface area contributed by atoms with Crippen molar-refractivity contribution in [1.82, 2.24) is 4.90 Å². The van der Waals surface area contributed by atoms with Crippen LogP contribution in [0.4, 0.5) is 0 Å². The zero-order valence-corrected chi connectivity index (χ0v) is 16.9. The van der Waals surface area contributed by atoms with Crippen LogP contribution in [-0.4, -0.2) is 41.4 Å². The first kappa shape index (κ1) is 19.3. The van der Waals surface area contributed by atoms with Gasteiger partial charge in [0.25, 0.3) is 0 Å². The number of carbonyl (C=O) groups excluding carboxylic acids is 2. The average molecular weight is 408 g/mol. The maximum atomic E-state index is 13.1. The van der Waals surface area contributed by atoms with Crippen molar-refractivity contribution in [3.8, 4) is 5.75 Å². The number of carbonyl (C=O) groups is 2. The van der Waals surface area contributed by atoms with E-state index < -0.39 is 12.0 Å². The van der Waals surface area contributed by atoms with Gasteiger partial charge in [-0.1, -0.05) is 60.3 Å². The highest BCUT2D eigenvalue weighted by Crippen LogP contribution is 2.45. The van der Waals surface area contributed by atoms with E-state index in [-0.39, 0.29) is 18.3 Å². The number of benzene rings is 2. The van der Waals surface area contributed by atoms with Crippen molar-refractivity contribution in [2.45, 2.75) is 13.0 Å². The Morgan fingerprint density at radius 1 is 1.17 bits per heavy atom. The Bertz CT molecular complexity index is 1020. The minimum absolute atomic E-state index is 0.0985. The quantitative estimate of drug-likeness (QED) is 0.707. The highest BCUT2D eigenvalue weighted by Gasteiger charge is 2.45. The van der Waals surface area contributed by atoms with Crippen molar-refractivity contribution in [2.75, 3.05) is 19.5 Å². The first-order valence-corrected chi connectivity index (χ1v) is 10.3. The van der Waals surface area contributed by atoms with E-state index in [1.807, 2.05) is 54.6 Å². The number of para-hydroxylation sites is 1. The number of aliphatic imine (C=N–C) groups is 1. The zero-order chi connectivity index (χ0) is 20.4. The van der Waals surface area contributed by atoms with E-state index in [0.29, 0.717) is 22.2 Å². The third kappa shape index (κ3) is 3.42. The van der Waals surface area contributed by atoms with Crippen LogP contribution in [0.15, 0.2) is 65.2 Å². The summed E-state index contributed by atoms with van der Waals surface area (Å²) < 4.78 is 10.9. The lowest BCUT2D eigenvalue weighted by Crippen LogP contribution is -2.39. The van der Waals surface area contributed by atoms with Gasteiger partial charge in [-0.25, -0.2) is 9.79 Å². The van der Waals surface area contributed by atoms with E-state index in [2.05, 4.69) is 0 Å². The van der Waals surface area contributed by atoms with Gasteiger partial charge in [-0.2, -0.15) is 0 Å². The van der Waals surface area contributed by atoms with Gasteiger partial charge in [-0.05, 0) is 13.0 Å². The van der Waals surface area contributed by atoms with Gasteiger partial charge in [-0.3, -0.25) is 9.69 Å². The summed E-state index contributed by atoms with van der Waals surface area (Å²) >= 11 is 1.37. The molecule has 4 rings (SSSR count). The van der Waals surface area contributed by atoms with Crippen LogP contribution in [-0.2, 0) is 14.3 Å². The minimum Gasteiger partial charge on any atom is -0.496 e. The standard InChI is InChI=1S/C22H20N2O4S/c1-3-28-21(26)18-19(14-9-5-4-6-10-14)23-22-24(17(25)13-29-22)20(18)15-11-7-8-12-16(15)27-2/h4-12,20H,3,13H2,1-2H3/t20-/m1/s1. The Morgan fingerprint density at radius 3 is 2.62 bits per heavy atom. The minimum atomic E-state index is -0.671. The first-order chi connectivity index (χ1) is 14.2. The topological polar surface area (TPSA) is 68.2 Å². The van der Waals surface area contributed by atoms with Crippen molar-refractivity contribution < 1.29 is 19.1 Å². The van der Waals surface area contributed by atoms with Crippen molar-refractivity contribution in [3.05, 3.63) is 71.3 Å². The average Bonchev–Trinajstić information content (AvgIpc) is 3.13. The first-order valence-electron chi connectivity index (χ1n) is 9.28. The fourth-order valence-corrected chi connectivity index (χ4v) is 4.44. The second-order valence-electron chi connectivity index (χ2n) is 6.44. The maximum Gasteiger partial charge on any atom is 0.338 e. The van der Waals surface area contributed by atoms with Crippen LogP contribution in [0.25, 0.3) is 5.70 Å². The SMILES string of the molecule is CCOC(=O)C1=C(c2ccccc2)N=C2SCC(=O)N2[C@@H]1c1ccccc1OC. The molecule has 1 atom stereocenters. The number of esters is 1. The van der Waals surface area contributed by atoms with Gasteiger partial charge in [0.2, 0.25) is 5.91 Å². The third-order valence-electron chi connectivity index (χ3n) is 4.77.